The molecule has 1 aromatic rings. The van der Waals surface area contributed by atoms with Crippen LogP contribution in [0.4, 0.5) is 0 Å². The SMILES string of the molecule is C[C@@H](NCCCS(C)(=O)=O)c1ccc(Cl)cc1. The van der Waals surface area contributed by atoms with E-state index in [0.29, 0.717) is 13.0 Å². The molecule has 0 saturated carbocycles. The molecule has 0 radical (unpaired) electrons. The Morgan fingerprint density at radius 1 is 1.29 bits per heavy atom. The van der Waals surface area contributed by atoms with Crippen molar-refractivity contribution in [3.63, 3.8) is 0 Å². The smallest absolute Gasteiger partial charge is 0.147 e. The summed E-state index contributed by atoms with van der Waals surface area (Å²) in [7, 11) is -2.85. The molecule has 0 bridgehead atoms. The van der Waals surface area contributed by atoms with E-state index in [9.17, 15) is 8.42 Å². The lowest BCUT2D eigenvalue weighted by molar-refractivity contribution is 0.562. The summed E-state index contributed by atoms with van der Waals surface area (Å²) in [5, 5.41) is 4.00. The Hall–Kier alpha value is -0.580. The van der Waals surface area contributed by atoms with E-state index in [4.69, 9.17) is 11.6 Å². The summed E-state index contributed by atoms with van der Waals surface area (Å²) < 4.78 is 21.9. The van der Waals surface area contributed by atoms with Gasteiger partial charge < -0.3 is 5.32 Å². The molecule has 5 heteroatoms. The zero-order chi connectivity index (χ0) is 12.9. The van der Waals surface area contributed by atoms with Gasteiger partial charge in [0, 0.05) is 17.3 Å². The molecule has 0 spiro atoms. The van der Waals surface area contributed by atoms with Gasteiger partial charge in [-0.3, -0.25) is 0 Å². The normalized spacial score (nSPS) is 13.6. The van der Waals surface area contributed by atoms with Crippen molar-refractivity contribution in [3.8, 4) is 0 Å². The van der Waals surface area contributed by atoms with Gasteiger partial charge in [0.25, 0.3) is 0 Å². The third-order valence-corrected chi connectivity index (χ3v) is 3.79. The molecule has 1 N–H and O–H groups in total. The molecule has 0 saturated heterocycles. The first-order valence-electron chi connectivity index (χ1n) is 5.55. The van der Waals surface area contributed by atoms with Crippen molar-refractivity contribution >= 4 is 21.4 Å². The predicted octanol–water partition coefficient (Wildman–Crippen LogP) is 2.43. The van der Waals surface area contributed by atoms with Crippen molar-refractivity contribution in [2.45, 2.75) is 19.4 Å². The Kier molecular flexibility index (Phi) is 5.43. The van der Waals surface area contributed by atoms with Crippen molar-refractivity contribution in [3.05, 3.63) is 34.9 Å². The predicted molar refractivity (Wildman–Crippen MR) is 72.2 cm³/mol. The van der Waals surface area contributed by atoms with Gasteiger partial charge in [0.15, 0.2) is 0 Å². The molecule has 0 fully saturated rings. The van der Waals surface area contributed by atoms with Gasteiger partial charge >= 0.3 is 0 Å². The molecule has 0 aliphatic heterocycles. The molecule has 96 valence electrons. The second kappa shape index (κ2) is 6.38. The number of benzene rings is 1. The fourth-order valence-corrected chi connectivity index (χ4v) is 2.32. The number of rotatable bonds is 6. The lowest BCUT2D eigenvalue weighted by Crippen LogP contribution is -2.21. The van der Waals surface area contributed by atoms with Crippen LogP contribution in [0.3, 0.4) is 0 Å². The van der Waals surface area contributed by atoms with Crippen molar-refractivity contribution in [1.29, 1.82) is 0 Å². The van der Waals surface area contributed by atoms with E-state index < -0.39 is 9.84 Å². The highest BCUT2D eigenvalue weighted by Crippen LogP contribution is 2.15. The van der Waals surface area contributed by atoms with E-state index in [1.165, 1.54) is 6.26 Å². The summed E-state index contributed by atoms with van der Waals surface area (Å²) in [4.78, 5) is 0. The maximum absolute atomic E-state index is 10.9. The molecule has 0 aliphatic rings. The van der Waals surface area contributed by atoms with Crippen LogP contribution in [0.2, 0.25) is 5.02 Å². The first kappa shape index (κ1) is 14.5. The van der Waals surface area contributed by atoms with Crippen LogP contribution in [0.25, 0.3) is 0 Å². The third kappa shape index (κ3) is 6.05. The largest absolute Gasteiger partial charge is 0.310 e. The average molecular weight is 276 g/mol. The van der Waals surface area contributed by atoms with Crippen molar-refractivity contribution < 1.29 is 8.42 Å². The van der Waals surface area contributed by atoms with Gasteiger partial charge in [0.1, 0.15) is 9.84 Å². The van der Waals surface area contributed by atoms with E-state index in [2.05, 4.69) is 5.32 Å². The summed E-state index contributed by atoms with van der Waals surface area (Å²) in [6, 6.07) is 7.84. The van der Waals surface area contributed by atoms with Crippen LogP contribution in [0.15, 0.2) is 24.3 Å². The second-order valence-corrected chi connectivity index (χ2v) is 6.91. The fourth-order valence-electron chi connectivity index (χ4n) is 1.52. The molecular weight excluding hydrogens is 258 g/mol. The Morgan fingerprint density at radius 3 is 2.41 bits per heavy atom. The van der Waals surface area contributed by atoms with Gasteiger partial charge in [-0.15, -0.1) is 0 Å². The zero-order valence-electron chi connectivity index (χ0n) is 10.1. The van der Waals surface area contributed by atoms with Gasteiger partial charge in [0.05, 0.1) is 5.75 Å². The molecule has 0 aromatic heterocycles. The van der Waals surface area contributed by atoms with Gasteiger partial charge in [-0.2, -0.15) is 0 Å². The Bertz CT molecular complexity index is 442. The number of hydrogen-bond acceptors (Lipinski definition) is 3. The van der Waals surface area contributed by atoms with E-state index in [-0.39, 0.29) is 11.8 Å². The summed E-state index contributed by atoms with van der Waals surface area (Å²) >= 11 is 5.81. The minimum Gasteiger partial charge on any atom is -0.310 e. The minimum absolute atomic E-state index is 0.201. The van der Waals surface area contributed by atoms with Crippen LogP contribution in [0, 0.1) is 0 Å². The Labute approximate surface area is 108 Å². The summed E-state index contributed by atoms with van der Waals surface area (Å²) in [6.07, 6.45) is 1.90. The maximum Gasteiger partial charge on any atom is 0.147 e. The lowest BCUT2D eigenvalue weighted by atomic mass is 10.1. The van der Waals surface area contributed by atoms with Crippen LogP contribution in [0.1, 0.15) is 24.9 Å². The molecule has 0 unspecified atom stereocenters. The van der Waals surface area contributed by atoms with Gasteiger partial charge in [-0.25, -0.2) is 8.42 Å². The van der Waals surface area contributed by atoms with Gasteiger partial charge in [-0.05, 0) is 37.6 Å². The summed E-state index contributed by atoms with van der Waals surface area (Å²) in [6.45, 7) is 2.74. The number of sulfone groups is 1. The number of nitrogens with one attached hydrogen (secondary N) is 1. The maximum atomic E-state index is 10.9. The molecule has 3 nitrogen and oxygen atoms in total. The molecule has 17 heavy (non-hydrogen) atoms. The minimum atomic E-state index is -2.85. The number of halogens is 1. The zero-order valence-corrected chi connectivity index (χ0v) is 11.7. The van der Waals surface area contributed by atoms with Crippen LogP contribution in [-0.4, -0.2) is 27.0 Å². The molecule has 0 aliphatic carbocycles. The molecule has 1 rings (SSSR count). The highest BCUT2D eigenvalue weighted by atomic mass is 35.5. The Balaban J connectivity index is 2.35. The topological polar surface area (TPSA) is 46.2 Å². The Morgan fingerprint density at radius 2 is 1.88 bits per heavy atom. The van der Waals surface area contributed by atoms with Crippen LogP contribution >= 0.6 is 11.6 Å². The molecule has 0 heterocycles. The second-order valence-electron chi connectivity index (χ2n) is 4.21. The quantitative estimate of drug-likeness (QED) is 0.811. The average Bonchev–Trinajstić information content (AvgIpc) is 2.24. The molecule has 1 atom stereocenters. The fraction of sp³-hybridized carbons (Fsp3) is 0.500. The first-order valence-corrected chi connectivity index (χ1v) is 7.99. The highest BCUT2D eigenvalue weighted by Gasteiger charge is 2.05. The van der Waals surface area contributed by atoms with Crippen molar-refractivity contribution in [1.82, 2.24) is 5.32 Å². The van der Waals surface area contributed by atoms with Crippen LogP contribution < -0.4 is 5.32 Å². The van der Waals surface area contributed by atoms with Crippen LogP contribution in [0.5, 0.6) is 0 Å². The van der Waals surface area contributed by atoms with E-state index in [1.54, 1.807) is 0 Å². The van der Waals surface area contributed by atoms with E-state index in [1.807, 2.05) is 31.2 Å². The van der Waals surface area contributed by atoms with E-state index in [0.717, 1.165) is 10.6 Å². The van der Waals surface area contributed by atoms with Crippen molar-refractivity contribution in [2.75, 3.05) is 18.6 Å². The first-order chi connectivity index (χ1) is 7.88. The summed E-state index contributed by atoms with van der Waals surface area (Å²) in [5.74, 6) is 0.230. The number of hydrogen-bond donors (Lipinski definition) is 1. The third-order valence-electron chi connectivity index (χ3n) is 2.51. The van der Waals surface area contributed by atoms with Crippen molar-refractivity contribution in [2.24, 2.45) is 0 Å². The van der Waals surface area contributed by atoms with Gasteiger partial charge in [-0.1, -0.05) is 23.7 Å². The lowest BCUT2D eigenvalue weighted by Gasteiger charge is -2.14. The molecular formula is C12H18ClNO2S. The monoisotopic (exact) mass is 275 g/mol. The van der Waals surface area contributed by atoms with Crippen LogP contribution in [-0.2, 0) is 9.84 Å². The highest BCUT2D eigenvalue weighted by molar-refractivity contribution is 7.90. The molecule has 1 aromatic carbocycles. The summed E-state index contributed by atoms with van der Waals surface area (Å²) in [5.41, 5.74) is 1.15. The molecule has 0 amide bonds. The van der Waals surface area contributed by atoms with E-state index >= 15 is 0 Å². The van der Waals surface area contributed by atoms with Gasteiger partial charge in [0.2, 0.25) is 0 Å². The standard InChI is InChI=1S/C12H18ClNO2S/c1-10(11-4-6-12(13)7-5-11)14-8-3-9-17(2,15)16/h4-7,10,14H,3,8-9H2,1-2H3/t10-/m1/s1.